The summed E-state index contributed by atoms with van der Waals surface area (Å²) >= 11 is 5.78. The highest BCUT2D eigenvalue weighted by molar-refractivity contribution is 6.30. The minimum Gasteiger partial charge on any atom is -0.492 e. The molecule has 0 aromatic heterocycles. The highest BCUT2D eigenvalue weighted by Gasteiger charge is 2.18. The zero-order valence-corrected chi connectivity index (χ0v) is 15.7. The topological polar surface area (TPSA) is 125 Å². The quantitative estimate of drug-likeness (QED) is 0.308. The van der Waals surface area contributed by atoms with Gasteiger partial charge < -0.3 is 20.1 Å². The number of likely N-dealkylation sites (N-methyl/N-ethyl adjacent to an activating group) is 1. The van der Waals surface area contributed by atoms with Gasteiger partial charge in [0.25, 0.3) is 11.6 Å². The van der Waals surface area contributed by atoms with Gasteiger partial charge in [0.1, 0.15) is 18.0 Å². The molecule has 0 saturated carbocycles. The highest BCUT2D eigenvalue weighted by Crippen LogP contribution is 2.22. The lowest BCUT2D eigenvalue weighted by atomic mass is 10.2. The molecular formula is C18H18ClN3O6. The van der Waals surface area contributed by atoms with Crippen molar-refractivity contribution in [2.45, 2.75) is 0 Å². The Morgan fingerprint density at radius 2 is 1.89 bits per heavy atom. The van der Waals surface area contributed by atoms with Crippen molar-refractivity contribution in [3.8, 4) is 5.75 Å². The van der Waals surface area contributed by atoms with Gasteiger partial charge in [-0.05, 0) is 36.4 Å². The number of benzene rings is 2. The number of esters is 1. The van der Waals surface area contributed by atoms with E-state index >= 15 is 0 Å². The van der Waals surface area contributed by atoms with Crippen LogP contribution in [0.1, 0.15) is 10.4 Å². The van der Waals surface area contributed by atoms with Crippen LogP contribution in [0.5, 0.6) is 5.75 Å². The second-order valence-corrected chi connectivity index (χ2v) is 6.16. The van der Waals surface area contributed by atoms with Crippen LogP contribution in [0, 0.1) is 10.1 Å². The van der Waals surface area contributed by atoms with E-state index in [-0.39, 0.29) is 24.4 Å². The Bertz CT molecular complexity index is 872. The van der Waals surface area contributed by atoms with E-state index in [9.17, 15) is 19.7 Å². The summed E-state index contributed by atoms with van der Waals surface area (Å²) in [5.41, 5.74) is 4.93. The van der Waals surface area contributed by atoms with Crippen molar-refractivity contribution in [1.82, 2.24) is 4.90 Å². The average Bonchev–Trinajstić information content (AvgIpc) is 2.67. The summed E-state index contributed by atoms with van der Waals surface area (Å²) in [7, 11) is 1.54. The van der Waals surface area contributed by atoms with Gasteiger partial charge in [0.2, 0.25) is 0 Å². The van der Waals surface area contributed by atoms with Crippen molar-refractivity contribution >= 4 is 34.9 Å². The molecule has 0 fully saturated rings. The van der Waals surface area contributed by atoms with Crippen molar-refractivity contribution in [2.75, 3.05) is 32.5 Å². The molecule has 9 nitrogen and oxygen atoms in total. The second-order valence-electron chi connectivity index (χ2n) is 5.72. The number of carbonyl (C=O) groups is 2. The number of nitrogen functional groups attached to an aromatic ring is 1. The van der Waals surface area contributed by atoms with Gasteiger partial charge in [0, 0.05) is 18.1 Å². The molecule has 0 aliphatic rings. The average molecular weight is 408 g/mol. The summed E-state index contributed by atoms with van der Waals surface area (Å²) in [4.78, 5) is 35.5. The van der Waals surface area contributed by atoms with Gasteiger partial charge in [-0.2, -0.15) is 0 Å². The number of nitro benzene ring substituents is 1. The number of nitrogens with two attached hydrogens (primary N) is 1. The summed E-state index contributed by atoms with van der Waals surface area (Å²) in [5, 5.41) is 11.5. The van der Waals surface area contributed by atoms with Gasteiger partial charge in [0.05, 0.1) is 17.0 Å². The van der Waals surface area contributed by atoms with E-state index in [0.29, 0.717) is 10.8 Å². The van der Waals surface area contributed by atoms with Crippen LogP contribution < -0.4 is 10.5 Å². The minimum atomic E-state index is -0.859. The molecule has 0 radical (unpaired) electrons. The zero-order chi connectivity index (χ0) is 20.7. The number of anilines is 1. The normalized spacial score (nSPS) is 10.2. The summed E-state index contributed by atoms with van der Waals surface area (Å²) in [5.74, 6) is -0.693. The number of hydrogen-bond acceptors (Lipinski definition) is 7. The maximum Gasteiger partial charge on any atom is 0.338 e. The molecule has 148 valence electrons. The van der Waals surface area contributed by atoms with E-state index in [0.717, 1.165) is 6.07 Å². The molecule has 0 spiro atoms. The second kappa shape index (κ2) is 9.56. The number of nitrogens with zero attached hydrogens (tertiary/aromatic N) is 2. The van der Waals surface area contributed by atoms with Crippen LogP contribution >= 0.6 is 11.6 Å². The molecule has 0 atom stereocenters. The van der Waals surface area contributed by atoms with Crippen LogP contribution in [-0.4, -0.2) is 48.5 Å². The number of ether oxygens (including phenoxy) is 2. The molecule has 0 unspecified atom stereocenters. The lowest BCUT2D eigenvalue weighted by molar-refractivity contribution is -0.383. The number of hydrogen-bond donors (Lipinski definition) is 1. The van der Waals surface area contributed by atoms with Crippen LogP contribution in [0.4, 0.5) is 11.4 Å². The lowest BCUT2D eigenvalue weighted by Gasteiger charge is -2.17. The third-order valence-electron chi connectivity index (χ3n) is 3.72. The first-order valence-electron chi connectivity index (χ1n) is 8.11. The van der Waals surface area contributed by atoms with Crippen molar-refractivity contribution < 1.29 is 24.0 Å². The number of amides is 1. The maximum absolute atomic E-state index is 12.0. The molecule has 28 heavy (non-hydrogen) atoms. The Balaban J connectivity index is 1.80. The molecule has 2 N–H and O–H groups in total. The molecule has 2 aromatic rings. The SMILES string of the molecule is CN(CCOc1ccc(Cl)cc1)C(=O)COC(=O)c1ccc(N)c([N+](=O)[O-])c1. The summed E-state index contributed by atoms with van der Waals surface area (Å²) in [6.07, 6.45) is 0. The van der Waals surface area contributed by atoms with Crippen molar-refractivity contribution in [2.24, 2.45) is 0 Å². The fourth-order valence-electron chi connectivity index (χ4n) is 2.11. The van der Waals surface area contributed by atoms with Crippen molar-refractivity contribution in [1.29, 1.82) is 0 Å². The van der Waals surface area contributed by atoms with Gasteiger partial charge in [-0.3, -0.25) is 14.9 Å². The van der Waals surface area contributed by atoms with Crippen LogP contribution in [0.2, 0.25) is 5.02 Å². The molecule has 2 rings (SSSR count). The van der Waals surface area contributed by atoms with Gasteiger partial charge in [-0.25, -0.2) is 4.79 Å². The van der Waals surface area contributed by atoms with Gasteiger partial charge >= 0.3 is 5.97 Å². The monoisotopic (exact) mass is 407 g/mol. The summed E-state index contributed by atoms with van der Waals surface area (Å²) < 4.78 is 10.4. The standard InChI is InChI=1S/C18H18ClN3O6/c1-21(8-9-27-14-5-3-13(19)4-6-14)17(23)11-28-18(24)12-2-7-15(20)16(10-12)22(25)26/h2-7,10H,8-9,11,20H2,1H3. The van der Waals surface area contributed by atoms with E-state index in [4.69, 9.17) is 26.8 Å². The molecule has 0 aliphatic heterocycles. The van der Waals surface area contributed by atoms with Crippen LogP contribution in [0.3, 0.4) is 0 Å². The van der Waals surface area contributed by atoms with Crippen LogP contribution in [0.25, 0.3) is 0 Å². The number of rotatable bonds is 8. The lowest BCUT2D eigenvalue weighted by Crippen LogP contribution is -2.34. The van der Waals surface area contributed by atoms with E-state index < -0.39 is 29.1 Å². The first kappa shape index (κ1) is 21.0. The van der Waals surface area contributed by atoms with Gasteiger partial charge in [0.15, 0.2) is 6.61 Å². The van der Waals surface area contributed by atoms with Gasteiger partial charge in [-0.15, -0.1) is 0 Å². The first-order chi connectivity index (χ1) is 13.3. The van der Waals surface area contributed by atoms with Crippen LogP contribution in [0.15, 0.2) is 42.5 Å². The Morgan fingerprint density at radius 1 is 1.21 bits per heavy atom. The largest absolute Gasteiger partial charge is 0.492 e. The third kappa shape index (κ3) is 5.85. The highest BCUT2D eigenvalue weighted by atomic mass is 35.5. The molecule has 0 heterocycles. The molecular weight excluding hydrogens is 390 g/mol. The molecule has 2 aromatic carbocycles. The Kier molecular flexibility index (Phi) is 7.16. The predicted octanol–water partition coefficient (Wildman–Crippen LogP) is 2.52. The zero-order valence-electron chi connectivity index (χ0n) is 15.0. The van der Waals surface area contributed by atoms with E-state index in [2.05, 4.69) is 0 Å². The Labute approximate surface area is 165 Å². The minimum absolute atomic E-state index is 0.0672. The van der Waals surface area contributed by atoms with Crippen molar-refractivity contribution in [3.63, 3.8) is 0 Å². The summed E-state index contributed by atoms with van der Waals surface area (Å²) in [6.45, 7) is 0.00276. The molecule has 0 aliphatic carbocycles. The van der Waals surface area contributed by atoms with E-state index in [1.165, 1.54) is 24.1 Å². The fourth-order valence-corrected chi connectivity index (χ4v) is 2.23. The smallest absolute Gasteiger partial charge is 0.338 e. The summed E-state index contributed by atoms with van der Waals surface area (Å²) in [6, 6.07) is 10.3. The number of halogens is 1. The van der Waals surface area contributed by atoms with Crippen LogP contribution in [-0.2, 0) is 9.53 Å². The fraction of sp³-hybridized carbons (Fsp3) is 0.222. The first-order valence-corrected chi connectivity index (χ1v) is 8.49. The van der Waals surface area contributed by atoms with Gasteiger partial charge in [-0.1, -0.05) is 11.6 Å². The molecule has 0 bridgehead atoms. The van der Waals surface area contributed by atoms with Crippen molar-refractivity contribution in [3.05, 3.63) is 63.2 Å². The number of nitro groups is 1. The third-order valence-corrected chi connectivity index (χ3v) is 3.98. The number of carbonyl (C=O) groups excluding carboxylic acids is 2. The maximum atomic E-state index is 12.0. The Morgan fingerprint density at radius 3 is 2.54 bits per heavy atom. The predicted molar refractivity (Wildman–Crippen MR) is 102 cm³/mol. The Hall–Kier alpha value is -3.33. The van der Waals surface area contributed by atoms with E-state index in [1.54, 1.807) is 24.3 Å². The molecule has 1 amide bonds. The van der Waals surface area contributed by atoms with E-state index in [1.807, 2.05) is 0 Å². The molecule has 10 heteroatoms. The molecule has 0 saturated heterocycles.